The fraction of sp³-hybridized carbons (Fsp3) is 0.214. The molecule has 0 saturated carbocycles. The van der Waals surface area contributed by atoms with Crippen LogP contribution in [0.5, 0.6) is 46.0 Å². The Balaban J connectivity index is 1.70. The van der Waals surface area contributed by atoms with Gasteiger partial charge in [-0.1, -0.05) is 0 Å². The standard InChI is InChI=1S/C28H24O15/c29-9-21-23(37)26(39)28(40,25(38)11-4-17(34)22(36)18(35)5-11)27(43-21)42-20-8-13-15(32)6-12(30)7-19(13)41-24(20)10-1-2-14(31)16(33)3-10/h1-8,21,23,26-27,29,37,39-40H,9H2,(H6-,30,31,32,33,34,35,36,38)/p+1/t21-,23-,26+,27?,28-/m1/s1. The van der Waals surface area contributed by atoms with Gasteiger partial charge in [-0.3, -0.25) is 4.79 Å². The van der Waals surface area contributed by atoms with Gasteiger partial charge in [-0.2, -0.15) is 0 Å². The average molecular weight is 601 g/mol. The van der Waals surface area contributed by atoms with Gasteiger partial charge in [0.25, 0.3) is 0 Å². The predicted octanol–water partition coefficient (Wildman–Crippen LogP) is 0.752. The van der Waals surface area contributed by atoms with Crippen LogP contribution in [0.4, 0.5) is 0 Å². The molecule has 5 atom stereocenters. The molecule has 1 aromatic heterocycles. The van der Waals surface area contributed by atoms with E-state index in [0.29, 0.717) is 12.1 Å². The summed E-state index contributed by atoms with van der Waals surface area (Å²) >= 11 is 0. The predicted molar refractivity (Wildman–Crippen MR) is 142 cm³/mol. The van der Waals surface area contributed by atoms with Crippen molar-refractivity contribution >= 4 is 16.8 Å². The lowest BCUT2D eigenvalue weighted by molar-refractivity contribution is -0.302. The minimum atomic E-state index is -3.23. The smallest absolute Gasteiger partial charge is 0.402 e. The highest BCUT2D eigenvalue weighted by Crippen LogP contribution is 2.44. The molecule has 226 valence electrons. The number of hydrogen-bond acceptors (Lipinski definition) is 14. The molecule has 0 spiro atoms. The number of hydrogen-bond donors (Lipinski definition) is 11. The number of Topliss-reactive ketones (excluding diaryl/α,β-unsaturated/α-hetero) is 1. The summed E-state index contributed by atoms with van der Waals surface area (Å²) in [6.07, 6.45) is -8.40. The topological polar surface area (TPSA) is 269 Å². The SMILES string of the molecule is O=C(c1cc(O)c(O)c(O)c1)[C@]1(O)C(Oc2cc3c(O)cc(O)cc3[o+]c2-c2ccc(O)c(O)c2)O[C@H](CO)[C@@H](O)[C@@H]1O. The minimum absolute atomic E-state index is 0.0216. The second kappa shape index (κ2) is 10.6. The molecule has 15 nitrogen and oxygen atoms in total. The third-order valence-corrected chi connectivity index (χ3v) is 6.98. The number of rotatable bonds is 6. The maximum absolute atomic E-state index is 13.6. The molecule has 15 heteroatoms. The van der Waals surface area contributed by atoms with E-state index in [2.05, 4.69) is 0 Å². The van der Waals surface area contributed by atoms with E-state index in [1.807, 2.05) is 0 Å². The molecule has 11 N–H and O–H groups in total. The van der Waals surface area contributed by atoms with E-state index in [-0.39, 0.29) is 28.0 Å². The Bertz CT molecular complexity index is 1710. The number of carbonyl (C=O) groups excluding carboxylic acids is 1. The van der Waals surface area contributed by atoms with Crippen molar-refractivity contribution in [1.29, 1.82) is 0 Å². The van der Waals surface area contributed by atoms with Crippen LogP contribution >= 0.6 is 0 Å². The average Bonchev–Trinajstić information content (AvgIpc) is 2.96. The highest BCUT2D eigenvalue weighted by molar-refractivity contribution is 6.04. The normalized spacial score (nSPS) is 23.7. The first-order valence-corrected chi connectivity index (χ1v) is 12.4. The van der Waals surface area contributed by atoms with Crippen molar-refractivity contribution in [1.82, 2.24) is 0 Å². The number of phenolic OH excluding ortho intramolecular Hbond substituents is 7. The summed E-state index contributed by atoms with van der Waals surface area (Å²) in [5, 5.41) is 113. The monoisotopic (exact) mass is 601 g/mol. The first kappa shape index (κ1) is 29.4. The summed E-state index contributed by atoms with van der Waals surface area (Å²) < 4.78 is 17.2. The number of phenols is 7. The van der Waals surface area contributed by atoms with Gasteiger partial charge >= 0.3 is 11.3 Å². The second-order valence-corrected chi connectivity index (χ2v) is 9.78. The summed E-state index contributed by atoms with van der Waals surface area (Å²) in [6.45, 7) is -0.927. The van der Waals surface area contributed by atoms with Crippen molar-refractivity contribution in [2.75, 3.05) is 6.61 Å². The molecule has 43 heavy (non-hydrogen) atoms. The van der Waals surface area contributed by atoms with E-state index in [1.54, 1.807) is 0 Å². The zero-order valence-corrected chi connectivity index (χ0v) is 21.7. The molecule has 1 saturated heterocycles. The van der Waals surface area contributed by atoms with Crippen LogP contribution in [0.1, 0.15) is 10.4 Å². The highest BCUT2D eigenvalue weighted by atomic mass is 16.7. The Morgan fingerprint density at radius 1 is 0.860 bits per heavy atom. The van der Waals surface area contributed by atoms with Gasteiger partial charge in [-0.05, 0) is 24.3 Å². The Labute approximate surface area is 240 Å². The van der Waals surface area contributed by atoms with Gasteiger partial charge in [0.1, 0.15) is 35.2 Å². The number of benzene rings is 3. The van der Waals surface area contributed by atoms with Gasteiger partial charge < -0.3 is 65.6 Å². The van der Waals surface area contributed by atoms with Crippen molar-refractivity contribution in [3.05, 3.63) is 54.1 Å². The lowest BCUT2D eigenvalue weighted by Gasteiger charge is -2.46. The first-order chi connectivity index (χ1) is 20.3. The van der Waals surface area contributed by atoms with Crippen LogP contribution in [-0.4, -0.2) is 98.8 Å². The molecule has 0 amide bonds. The number of carbonyl (C=O) groups is 1. The van der Waals surface area contributed by atoms with Crippen LogP contribution in [0.15, 0.2) is 52.9 Å². The van der Waals surface area contributed by atoms with Gasteiger partial charge in [0.15, 0.2) is 28.7 Å². The zero-order chi connectivity index (χ0) is 31.4. The van der Waals surface area contributed by atoms with E-state index in [4.69, 9.17) is 13.9 Å². The molecule has 0 aliphatic carbocycles. The van der Waals surface area contributed by atoms with Gasteiger partial charge in [0.2, 0.25) is 23.4 Å². The van der Waals surface area contributed by atoms with Gasteiger partial charge in [-0.25, -0.2) is 4.42 Å². The second-order valence-electron chi connectivity index (χ2n) is 9.78. The largest absolute Gasteiger partial charge is 0.507 e. The lowest BCUT2D eigenvalue weighted by atomic mass is 9.80. The van der Waals surface area contributed by atoms with E-state index < -0.39 is 88.4 Å². The van der Waals surface area contributed by atoms with Crippen molar-refractivity contribution in [3.8, 4) is 57.3 Å². The molecular weight excluding hydrogens is 576 g/mol. The van der Waals surface area contributed by atoms with E-state index in [0.717, 1.165) is 30.3 Å². The number of ether oxygens (including phenoxy) is 2. The molecule has 1 aliphatic heterocycles. The summed E-state index contributed by atoms with van der Waals surface area (Å²) in [6, 6.07) is 7.95. The molecule has 1 unspecified atom stereocenters. The molecule has 3 aromatic carbocycles. The van der Waals surface area contributed by atoms with E-state index >= 15 is 0 Å². The summed E-state index contributed by atoms with van der Waals surface area (Å²) in [4.78, 5) is 13.6. The summed E-state index contributed by atoms with van der Waals surface area (Å²) in [5.41, 5.74) is -3.99. The van der Waals surface area contributed by atoms with Crippen LogP contribution in [0.25, 0.3) is 22.3 Å². The fourth-order valence-corrected chi connectivity index (χ4v) is 4.68. The van der Waals surface area contributed by atoms with Crippen molar-refractivity contribution in [2.45, 2.75) is 30.2 Å². The third kappa shape index (κ3) is 4.90. The van der Waals surface area contributed by atoms with Gasteiger partial charge in [0, 0.05) is 23.8 Å². The molecule has 5 rings (SSSR count). The van der Waals surface area contributed by atoms with Crippen LogP contribution in [-0.2, 0) is 4.74 Å². The number of aliphatic hydroxyl groups is 4. The van der Waals surface area contributed by atoms with Gasteiger partial charge in [0.05, 0.1) is 18.2 Å². The molecule has 0 radical (unpaired) electrons. The number of aromatic hydroxyl groups is 7. The van der Waals surface area contributed by atoms with Gasteiger partial charge in [-0.15, -0.1) is 0 Å². The maximum Gasteiger partial charge on any atom is 0.402 e. The molecule has 4 aromatic rings. The Hall–Kier alpha value is -5.06. The number of fused-ring (bicyclic) bond motifs is 1. The van der Waals surface area contributed by atoms with Crippen LogP contribution in [0.3, 0.4) is 0 Å². The van der Waals surface area contributed by atoms with E-state index in [1.165, 1.54) is 6.07 Å². The van der Waals surface area contributed by atoms with Crippen LogP contribution in [0.2, 0.25) is 0 Å². The molecule has 2 heterocycles. The Kier molecular flexibility index (Phi) is 7.29. The lowest BCUT2D eigenvalue weighted by Crippen LogP contribution is -2.71. The van der Waals surface area contributed by atoms with E-state index in [9.17, 15) is 61.0 Å². The number of aliphatic hydroxyl groups excluding tert-OH is 3. The zero-order valence-electron chi connectivity index (χ0n) is 21.7. The summed E-state index contributed by atoms with van der Waals surface area (Å²) in [7, 11) is 0. The quantitative estimate of drug-likeness (QED) is 0.0827. The Morgan fingerprint density at radius 2 is 1.53 bits per heavy atom. The summed E-state index contributed by atoms with van der Waals surface area (Å²) in [5.74, 6) is -7.08. The molecule has 1 fully saturated rings. The first-order valence-electron chi connectivity index (χ1n) is 12.4. The minimum Gasteiger partial charge on any atom is -0.507 e. The Morgan fingerprint density at radius 3 is 2.16 bits per heavy atom. The fourth-order valence-electron chi connectivity index (χ4n) is 4.68. The molecular formula is C28H25O15+. The maximum atomic E-state index is 13.6. The van der Waals surface area contributed by atoms with Crippen molar-refractivity contribution in [3.63, 3.8) is 0 Å². The van der Waals surface area contributed by atoms with Crippen LogP contribution < -0.4 is 4.74 Å². The molecule has 1 aliphatic rings. The van der Waals surface area contributed by atoms with Crippen molar-refractivity contribution < 1.29 is 74.9 Å². The third-order valence-electron chi connectivity index (χ3n) is 6.98. The van der Waals surface area contributed by atoms with Crippen LogP contribution in [0, 0.1) is 0 Å². The molecule has 0 bridgehead atoms. The van der Waals surface area contributed by atoms with Crippen molar-refractivity contribution in [2.24, 2.45) is 0 Å². The number of ketones is 1. The highest BCUT2D eigenvalue weighted by Gasteiger charge is 2.61.